The van der Waals surface area contributed by atoms with E-state index in [1.807, 2.05) is 122 Å². The van der Waals surface area contributed by atoms with E-state index in [1.165, 1.54) is 0 Å². The van der Waals surface area contributed by atoms with Gasteiger partial charge in [-0.05, 0) is 89.0 Å². The van der Waals surface area contributed by atoms with Crippen LogP contribution in [-0.2, 0) is 0 Å². The first kappa shape index (κ1) is 44.6. The molecule has 0 radical (unpaired) electrons. The number of para-hydroxylation sites is 2. The number of nitriles is 2. The van der Waals surface area contributed by atoms with E-state index in [0.717, 1.165) is 105 Å². The van der Waals surface area contributed by atoms with Gasteiger partial charge < -0.3 is 9.13 Å². The molecule has 0 bridgehead atoms. The Morgan fingerprint density at radius 2 is 0.921 bits per heavy atom. The van der Waals surface area contributed by atoms with Crippen molar-refractivity contribution in [1.82, 2.24) is 29.1 Å². The van der Waals surface area contributed by atoms with E-state index in [0.29, 0.717) is 40.0 Å². The average molecular weight is 969 g/mol. The predicted octanol–water partition coefficient (Wildman–Crippen LogP) is 16.3. The van der Waals surface area contributed by atoms with Crippen molar-refractivity contribution < 1.29 is 0 Å². The van der Waals surface area contributed by atoms with E-state index in [2.05, 4.69) is 104 Å². The highest BCUT2D eigenvalue weighted by Gasteiger charge is 2.24. The average Bonchev–Trinajstić information content (AvgIpc) is 4.02. The van der Waals surface area contributed by atoms with Crippen LogP contribution in [0.2, 0.25) is 0 Å². The van der Waals surface area contributed by atoms with E-state index >= 15 is 0 Å². The van der Waals surface area contributed by atoms with E-state index in [9.17, 15) is 10.5 Å². The van der Waals surface area contributed by atoms with E-state index in [-0.39, 0.29) is 0 Å². The summed E-state index contributed by atoms with van der Waals surface area (Å²) in [5.41, 5.74) is 14.8. The minimum Gasteiger partial charge on any atom is -0.309 e. The van der Waals surface area contributed by atoms with Crippen LogP contribution in [0, 0.1) is 35.8 Å². The second-order valence-electron chi connectivity index (χ2n) is 18.2. The second kappa shape index (κ2) is 18.4. The number of hydrogen-bond acceptors (Lipinski definition) is 6. The Morgan fingerprint density at radius 1 is 0.395 bits per heavy atom. The summed E-state index contributed by atoms with van der Waals surface area (Å²) in [7, 11) is 0. The molecule has 10 nitrogen and oxygen atoms in total. The van der Waals surface area contributed by atoms with Gasteiger partial charge in [0.25, 0.3) is 0 Å². The highest BCUT2D eigenvalue weighted by Crippen LogP contribution is 2.44. The van der Waals surface area contributed by atoms with Crippen molar-refractivity contribution in [2.75, 3.05) is 0 Å². The summed E-state index contributed by atoms with van der Waals surface area (Å²) in [4.78, 5) is 27.5. The molecule has 76 heavy (non-hydrogen) atoms. The summed E-state index contributed by atoms with van der Waals surface area (Å²) in [6.07, 6.45) is 3.74. The minimum absolute atomic E-state index is 0.412. The first-order valence-electron chi connectivity index (χ1n) is 24.4. The third kappa shape index (κ3) is 7.47. The first-order chi connectivity index (χ1) is 37.5. The molecule has 350 valence electrons. The molecule has 0 spiro atoms. The maximum atomic E-state index is 10.3. The van der Waals surface area contributed by atoms with E-state index in [4.69, 9.17) is 33.1 Å². The second-order valence-corrected chi connectivity index (χ2v) is 18.2. The summed E-state index contributed by atoms with van der Waals surface area (Å²) in [6, 6.07) is 72.6. The largest absolute Gasteiger partial charge is 0.309 e. The van der Waals surface area contributed by atoms with Crippen LogP contribution >= 0.6 is 0 Å². The molecule has 0 fully saturated rings. The Bertz CT molecular complexity index is 4640. The van der Waals surface area contributed by atoms with Crippen LogP contribution in [0.4, 0.5) is 11.4 Å². The van der Waals surface area contributed by atoms with E-state index < -0.39 is 0 Å². The van der Waals surface area contributed by atoms with Gasteiger partial charge >= 0.3 is 0 Å². The summed E-state index contributed by atoms with van der Waals surface area (Å²) in [6.45, 7) is 15.6. The molecule has 0 aliphatic rings. The fraction of sp³-hybridized carbons (Fsp3) is 0. The molecular formula is C66H36N10. The third-order valence-electron chi connectivity index (χ3n) is 14.0. The van der Waals surface area contributed by atoms with Crippen LogP contribution < -0.4 is 0 Å². The summed E-state index contributed by atoms with van der Waals surface area (Å²) >= 11 is 0. The standard InChI is InChI=1S/C66H36N10/c1-69-48-25-28-49(47(34-48)39-68)44-23-29-60-55(35-44)51-17-9-11-19-58(51)75(60)62-37-46(66-73-64(42-13-5-3-6-14-42)72-65(74-66)43-15-7-4-8-16-43)22-27-53(62)54-31-32-71-40-63(54)76-59-20-12-10-18-52(59)56-36-45(24-30-61(56)76)50-26-21-41(38-67)33-57(50)70-2/h3-37,40H. The SMILES string of the molecule is [C-]#[N+]c1ccc(-c2ccc3c(c2)c2ccccc2n3-c2cc(-c3nc(-c4ccccc4)nc(-c4ccccc4)n3)ccc2-c2ccncc2-n2c3ccccc3c3cc(-c4ccc(C#N)cc4[N+]#[C-])ccc32)c(C#N)c1. The molecule has 0 saturated carbocycles. The van der Waals surface area contributed by atoms with Crippen molar-refractivity contribution in [3.8, 4) is 91.1 Å². The molecule has 0 amide bonds. The van der Waals surface area contributed by atoms with Crippen molar-refractivity contribution in [3.63, 3.8) is 0 Å². The third-order valence-corrected chi connectivity index (χ3v) is 14.0. The molecule has 0 unspecified atom stereocenters. The van der Waals surface area contributed by atoms with Crippen molar-refractivity contribution in [2.24, 2.45) is 0 Å². The van der Waals surface area contributed by atoms with Crippen LogP contribution in [0.5, 0.6) is 0 Å². The van der Waals surface area contributed by atoms with Gasteiger partial charge in [-0.25, -0.2) is 24.6 Å². The van der Waals surface area contributed by atoms with Crippen LogP contribution in [0.25, 0.3) is 132 Å². The molecule has 4 aromatic heterocycles. The van der Waals surface area contributed by atoms with Crippen LogP contribution in [0.3, 0.4) is 0 Å². The fourth-order valence-corrected chi connectivity index (χ4v) is 10.5. The molecular weight excluding hydrogens is 933 g/mol. The fourth-order valence-electron chi connectivity index (χ4n) is 10.5. The van der Waals surface area contributed by atoms with Crippen LogP contribution in [0.15, 0.2) is 219 Å². The van der Waals surface area contributed by atoms with Crippen LogP contribution in [0.1, 0.15) is 11.1 Å². The van der Waals surface area contributed by atoms with Crippen molar-refractivity contribution in [3.05, 3.63) is 253 Å². The van der Waals surface area contributed by atoms with Gasteiger partial charge in [0.05, 0.1) is 64.9 Å². The lowest BCUT2D eigenvalue weighted by Crippen LogP contribution is -2.04. The first-order valence-corrected chi connectivity index (χ1v) is 24.4. The van der Waals surface area contributed by atoms with Crippen molar-refractivity contribution >= 4 is 55.0 Å². The maximum Gasteiger partial charge on any atom is 0.196 e. The quantitative estimate of drug-likeness (QED) is 0.140. The summed E-state index contributed by atoms with van der Waals surface area (Å²) < 4.78 is 4.56. The predicted molar refractivity (Wildman–Crippen MR) is 301 cm³/mol. The molecule has 4 heterocycles. The number of pyridine rings is 1. The van der Waals surface area contributed by atoms with Gasteiger partial charge in [0.1, 0.15) is 0 Å². The van der Waals surface area contributed by atoms with Gasteiger partial charge in [-0.2, -0.15) is 10.5 Å². The summed E-state index contributed by atoms with van der Waals surface area (Å²) in [5, 5.41) is 23.9. The Morgan fingerprint density at radius 3 is 1.53 bits per heavy atom. The number of hydrogen-bond donors (Lipinski definition) is 0. The van der Waals surface area contributed by atoms with Gasteiger partial charge in [-0.3, -0.25) is 4.98 Å². The normalized spacial score (nSPS) is 11.1. The Balaban J connectivity index is 1.07. The number of fused-ring (bicyclic) bond motifs is 6. The molecule has 0 aliphatic heterocycles. The zero-order chi connectivity index (χ0) is 51.3. The van der Waals surface area contributed by atoms with Crippen molar-refractivity contribution in [2.45, 2.75) is 0 Å². The van der Waals surface area contributed by atoms with Gasteiger partial charge in [0, 0.05) is 66.7 Å². The lowest BCUT2D eigenvalue weighted by molar-refractivity contribution is 1.07. The lowest BCUT2D eigenvalue weighted by atomic mass is 9.98. The molecule has 0 atom stereocenters. The topological polar surface area (TPSA) is 118 Å². The number of nitrogens with zero attached hydrogens (tertiary/aromatic N) is 10. The molecule has 13 rings (SSSR count). The zero-order valence-corrected chi connectivity index (χ0v) is 40.3. The molecule has 0 saturated heterocycles. The monoisotopic (exact) mass is 968 g/mol. The number of rotatable bonds is 8. The van der Waals surface area contributed by atoms with Gasteiger partial charge in [0.15, 0.2) is 28.8 Å². The highest BCUT2D eigenvalue weighted by molar-refractivity contribution is 6.13. The highest BCUT2D eigenvalue weighted by atomic mass is 15.0. The zero-order valence-electron chi connectivity index (χ0n) is 40.3. The molecule has 0 aliphatic carbocycles. The van der Waals surface area contributed by atoms with Gasteiger partial charge in [0.2, 0.25) is 0 Å². The molecule has 10 heteroatoms. The Labute approximate surface area is 436 Å². The van der Waals surface area contributed by atoms with Crippen LogP contribution in [-0.4, -0.2) is 29.1 Å². The molecule has 0 N–H and O–H groups in total. The maximum absolute atomic E-state index is 10.3. The van der Waals surface area contributed by atoms with Gasteiger partial charge in [-0.1, -0.05) is 140 Å². The summed E-state index contributed by atoms with van der Waals surface area (Å²) in [5.74, 6) is 1.61. The van der Waals surface area contributed by atoms with Crippen molar-refractivity contribution in [1.29, 1.82) is 10.5 Å². The lowest BCUT2D eigenvalue weighted by Gasteiger charge is -2.19. The Kier molecular flexibility index (Phi) is 10.8. The Hall–Kier alpha value is -11.3. The van der Waals surface area contributed by atoms with Gasteiger partial charge in [-0.15, -0.1) is 0 Å². The molecule has 9 aromatic carbocycles. The number of benzene rings is 9. The minimum atomic E-state index is 0.412. The smallest absolute Gasteiger partial charge is 0.196 e. The number of aromatic nitrogens is 6. The van der Waals surface area contributed by atoms with E-state index in [1.54, 1.807) is 24.3 Å². The molecule has 13 aromatic rings.